The molecule has 1 aliphatic carbocycles. The lowest BCUT2D eigenvalue weighted by atomic mass is 9.94. The Bertz CT molecular complexity index is 219. The molecule has 0 aromatic rings. The maximum atomic E-state index is 10.5. The summed E-state index contributed by atoms with van der Waals surface area (Å²) in [7, 11) is 0. The molecule has 0 spiro atoms. The molecule has 0 aromatic carbocycles. The van der Waals surface area contributed by atoms with Gasteiger partial charge < -0.3 is 15.3 Å². The van der Waals surface area contributed by atoms with Crippen molar-refractivity contribution in [2.45, 2.75) is 25.0 Å². The fourth-order valence-corrected chi connectivity index (χ4v) is 1.57. The normalized spacial score (nSPS) is 27.0. The van der Waals surface area contributed by atoms with Crippen LogP contribution in [-0.4, -0.2) is 27.1 Å². The second kappa shape index (κ2) is 2.88. The molecule has 0 amide bonds. The first kappa shape index (κ1) is 9.22. The summed E-state index contributed by atoms with van der Waals surface area (Å²) in [5.74, 6) is -3.74. The van der Waals surface area contributed by atoms with Gasteiger partial charge in [-0.3, -0.25) is 0 Å². The maximum absolute atomic E-state index is 10.5. The molecule has 1 saturated carbocycles. The molecule has 0 heterocycles. The van der Waals surface area contributed by atoms with Gasteiger partial charge in [0.05, 0.1) is 0 Å². The third-order valence-electron chi connectivity index (χ3n) is 2.29. The van der Waals surface area contributed by atoms with E-state index in [9.17, 15) is 15.0 Å². The molecule has 1 unspecified atom stereocenters. The standard InChI is InChI=1S/C8H12O4/c1-5(7(9)10)6-3-2-4-8(6,11)12/h6,11-12H,1-4H2,(H,9,10). The SMILES string of the molecule is C=C(C(=O)O)C1CCCC1(O)O. The zero-order valence-electron chi connectivity index (χ0n) is 6.66. The van der Waals surface area contributed by atoms with Crippen molar-refractivity contribution in [3.05, 3.63) is 12.2 Å². The molecule has 0 radical (unpaired) electrons. The van der Waals surface area contributed by atoms with Crippen molar-refractivity contribution < 1.29 is 20.1 Å². The van der Waals surface area contributed by atoms with E-state index in [0.29, 0.717) is 12.8 Å². The number of carboxylic acid groups (broad SMARTS) is 1. The Morgan fingerprint density at radius 1 is 1.50 bits per heavy atom. The van der Waals surface area contributed by atoms with Gasteiger partial charge in [-0.05, 0) is 12.8 Å². The number of hydrogen-bond acceptors (Lipinski definition) is 3. The van der Waals surface area contributed by atoms with Crippen LogP contribution in [0.2, 0.25) is 0 Å². The highest BCUT2D eigenvalue weighted by Gasteiger charge is 2.42. The molecule has 1 rings (SSSR count). The van der Waals surface area contributed by atoms with Crippen molar-refractivity contribution in [1.29, 1.82) is 0 Å². The third-order valence-corrected chi connectivity index (χ3v) is 2.29. The quantitative estimate of drug-likeness (QED) is 0.408. The topological polar surface area (TPSA) is 77.8 Å². The second-order valence-electron chi connectivity index (χ2n) is 3.15. The van der Waals surface area contributed by atoms with Gasteiger partial charge in [0.2, 0.25) is 0 Å². The molecule has 1 fully saturated rings. The number of carboxylic acids is 1. The van der Waals surface area contributed by atoms with Crippen LogP contribution in [0.4, 0.5) is 0 Å². The molecule has 0 aromatic heterocycles. The minimum absolute atomic E-state index is 0.113. The average molecular weight is 172 g/mol. The number of hydrogen-bond donors (Lipinski definition) is 3. The van der Waals surface area contributed by atoms with E-state index in [2.05, 4.69) is 6.58 Å². The van der Waals surface area contributed by atoms with Crippen LogP contribution in [0.3, 0.4) is 0 Å². The molecule has 0 bridgehead atoms. The van der Waals surface area contributed by atoms with E-state index in [1.165, 1.54) is 0 Å². The lowest BCUT2D eigenvalue weighted by molar-refractivity contribution is -0.179. The number of rotatable bonds is 2. The molecule has 0 aliphatic heterocycles. The Hall–Kier alpha value is -0.870. The first-order chi connectivity index (χ1) is 5.45. The van der Waals surface area contributed by atoms with Gasteiger partial charge in [-0.1, -0.05) is 6.58 Å². The molecule has 1 atom stereocenters. The zero-order valence-corrected chi connectivity index (χ0v) is 6.66. The van der Waals surface area contributed by atoms with Crippen molar-refractivity contribution in [3.63, 3.8) is 0 Å². The Kier molecular flexibility index (Phi) is 2.21. The van der Waals surface area contributed by atoms with Gasteiger partial charge in [0.25, 0.3) is 0 Å². The summed E-state index contributed by atoms with van der Waals surface area (Å²) >= 11 is 0. The minimum atomic E-state index is -1.87. The molecule has 1 aliphatic rings. The molecular formula is C8H12O4. The minimum Gasteiger partial charge on any atom is -0.478 e. The first-order valence-corrected chi connectivity index (χ1v) is 3.82. The Morgan fingerprint density at radius 3 is 2.42 bits per heavy atom. The number of aliphatic hydroxyl groups is 2. The lowest BCUT2D eigenvalue weighted by Gasteiger charge is -2.23. The molecule has 4 nitrogen and oxygen atoms in total. The fourth-order valence-electron chi connectivity index (χ4n) is 1.57. The fraction of sp³-hybridized carbons (Fsp3) is 0.625. The van der Waals surface area contributed by atoms with Gasteiger partial charge in [0.15, 0.2) is 5.79 Å². The van der Waals surface area contributed by atoms with Crippen LogP contribution in [0.1, 0.15) is 19.3 Å². The van der Waals surface area contributed by atoms with Gasteiger partial charge in [-0.25, -0.2) is 4.79 Å². The van der Waals surface area contributed by atoms with E-state index in [4.69, 9.17) is 5.11 Å². The Morgan fingerprint density at radius 2 is 2.08 bits per heavy atom. The molecule has 0 saturated heterocycles. The highest BCUT2D eigenvalue weighted by Crippen LogP contribution is 2.37. The van der Waals surface area contributed by atoms with Crippen molar-refractivity contribution in [2.75, 3.05) is 0 Å². The summed E-state index contributed by atoms with van der Waals surface area (Å²) in [6, 6.07) is 0. The summed E-state index contributed by atoms with van der Waals surface area (Å²) in [4.78, 5) is 10.5. The Balaban J connectivity index is 2.76. The molecule has 3 N–H and O–H groups in total. The average Bonchev–Trinajstić information content (AvgIpc) is 2.27. The van der Waals surface area contributed by atoms with Crippen LogP contribution < -0.4 is 0 Å². The third kappa shape index (κ3) is 1.49. The van der Waals surface area contributed by atoms with E-state index < -0.39 is 17.7 Å². The summed E-state index contributed by atoms with van der Waals surface area (Å²) in [6.45, 7) is 3.31. The van der Waals surface area contributed by atoms with Gasteiger partial charge in [0.1, 0.15) is 0 Å². The monoisotopic (exact) mass is 172 g/mol. The second-order valence-corrected chi connectivity index (χ2v) is 3.15. The molecular weight excluding hydrogens is 160 g/mol. The van der Waals surface area contributed by atoms with Crippen molar-refractivity contribution in [1.82, 2.24) is 0 Å². The van der Waals surface area contributed by atoms with Crippen molar-refractivity contribution in [3.8, 4) is 0 Å². The van der Waals surface area contributed by atoms with Crippen LogP contribution >= 0.6 is 0 Å². The first-order valence-electron chi connectivity index (χ1n) is 3.82. The van der Waals surface area contributed by atoms with E-state index in [1.807, 2.05) is 0 Å². The predicted molar refractivity (Wildman–Crippen MR) is 41.3 cm³/mol. The smallest absolute Gasteiger partial charge is 0.331 e. The maximum Gasteiger partial charge on any atom is 0.331 e. The molecule has 12 heavy (non-hydrogen) atoms. The van der Waals surface area contributed by atoms with Crippen LogP contribution in [-0.2, 0) is 4.79 Å². The highest BCUT2D eigenvalue weighted by molar-refractivity contribution is 5.86. The van der Waals surface area contributed by atoms with E-state index in [0.717, 1.165) is 0 Å². The summed E-state index contributed by atoms with van der Waals surface area (Å²) < 4.78 is 0. The predicted octanol–water partition coefficient (Wildman–Crippen LogP) is 0.108. The van der Waals surface area contributed by atoms with E-state index in [-0.39, 0.29) is 12.0 Å². The summed E-state index contributed by atoms with van der Waals surface area (Å²) in [5, 5.41) is 27.2. The number of aliphatic carboxylic acids is 1. The largest absolute Gasteiger partial charge is 0.478 e. The van der Waals surface area contributed by atoms with Crippen molar-refractivity contribution >= 4 is 5.97 Å². The lowest BCUT2D eigenvalue weighted by Crippen LogP contribution is -2.35. The van der Waals surface area contributed by atoms with E-state index >= 15 is 0 Å². The van der Waals surface area contributed by atoms with E-state index in [1.54, 1.807) is 0 Å². The van der Waals surface area contributed by atoms with Crippen LogP contribution in [0.15, 0.2) is 12.2 Å². The van der Waals surface area contributed by atoms with Gasteiger partial charge >= 0.3 is 5.97 Å². The van der Waals surface area contributed by atoms with Gasteiger partial charge in [-0.2, -0.15) is 0 Å². The Labute approximate surface area is 70.1 Å². The summed E-state index contributed by atoms with van der Waals surface area (Å²) in [5.41, 5.74) is -0.113. The van der Waals surface area contributed by atoms with Crippen LogP contribution in [0, 0.1) is 5.92 Å². The zero-order chi connectivity index (χ0) is 9.35. The van der Waals surface area contributed by atoms with Crippen LogP contribution in [0.5, 0.6) is 0 Å². The molecule has 4 heteroatoms. The van der Waals surface area contributed by atoms with Crippen molar-refractivity contribution in [2.24, 2.45) is 5.92 Å². The summed E-state index contributed by atoms with van der Waals surface area (Å²) in [6.07, 6.45) is 1.34. The van der Waals surface area contributed by atoms with Gasteiger partial charge in [-0.15, -0.1) is 0 Å². The highest BCUT2D eigenvalue weighted by atomic mass is 16.5. The molecule has 68 valence electrons. The van der Waals surface area contributed by atoms with Crippen LogP contribution in [0.25, 0.3) is 0 Å². The number of carbonyl (C=O) groups is 1. The van der Waals surface area contributed by atoms with Gasteiger partial charge in [0, 0.05) is 17.9 Å².